The zero-order valence-electron chi connectivity index (χ0n) is 6.84. The number of aromatic nitrogens is 3. The molecule has 74 valence electrons. The second-order valence-electron chi connectivity index (χ2n) is 2.24. The van der Waals surface area contributed by atoms with Crippen LogP contribution in [0, 0.1) is 0 Å². The van der Waals surface area contributed by atoms with Crippen LogP contribution in [0.2, 0.25) is 0 Å². The van der Waals surface area contributed by atoms with Gasteiger partial charge in [-0.3, -0.25) is 0 Å². The lowest BCUT2D eigenvalue weighted by atomic mass is 10.7. The van der Waals surface area contributed by atoms with Crippen LogP contribution < -0.4 is 0 Å². The third kappa shape index (κ3) is 2.64. The summed E-state index contributed by atoms with van der Waals surface area (Å²) in [5.41, 5.74) is 0. The number of hydrogen-bond acceptors (Lipinski definition) is 5. The Balaban J connectivity index is 2.90. The molecule has 0 saturated carbocycles. The summed E-state index contributed by atoms with van der Waals surface area (Å²) in [6, 6.07) is 0. The molecule has 1 aromatic rings. The first kappa shape index (κ1) is 10.4. The Hall–Kier alpha value is -0.660. The van der Waals surface area contributed by atoms with E-state index in [0.29, 0.717) is 13.2 Å². The van der Waals surface area contributed by atoms with Crippen LogP contribution in [0.25, 0.3) is 0 Å². The Morgan fingerprint density at radius 3 is 2.92 bits per heavy atom. The minimum Gasteiger partial charge on any atom is -0.383 e. The van der Waals surface area contributed by atoms with Crippen molar-refractivity contribution in [3.05, 3.63) is 6.33 Å². The predicted molar refractivity (Wildman–Crippen MR) is 44.9 cm³/mol. The number of methoxy groups -OCH3 is 1. The highest BCUT2D eigenvalue weighted by molar-refractivity contribution is 8.13. The summed E-state index contributed by atoms with van der Waals surface area (Å²) in [6.45, 7) is 0.724. The second kappa shape index (κ2) is 4.03. The number of ether oxygens (including phenoxy) is 1. The molecule has 0 amide bonds. The van der Waals surface area contributed by atoms with E-state index in [1.54, 1.807) is 0 Å². The van der Waals surface area contributed by atoms with Crippen molar-refractivity contribution in [3.63, 3.8) is 0 Å². The summed E-state index contributed by atoms with van der Waals surface area (Å²) in [5, 5.41) is 6.56. The van der Waals surface area contributed by atoms with Crippen molar-refractivity contribution < 1.29 is 13.2 Å². The molecule has 0 radical (unpaired) electrons. The van der Waals surface area contributed by atoms with Crippen molar-refractivity contribution in [2.45, 2.75) is 11.7 Å². The van der Waals surface area contributed by atoms with Gasteiger partial charge in [-0.1, -0.05) is 0 Å². The van der Waals surface area contributed by atoms with Crippen LogP contribution in [-0.4, -0.2) is 36.9 Å². The quantitative estimate of drug-likeness (QED) is 0.667. The van der Waals surface area contributed by atoms with E-state index in [1.165, 1.54) is 18.0 Å². The molecule has 0 atom stereocenters. The minimum atomic E-state index is -3.81. The first-order valence-corrected chi connectivity index (χ1v) is 5.68. The van der Waals surface area contributed by atoms with E-state index >= 15 is 0 Å². The number of rotatable bonds is 4. The fourth-order valence-corrected chi connectivity index (χ4v) is 1.70. The van der Waals surface area contributed by atoms with E-state index in [-0.39, 0.29) is 5.16 Å². The summed E-state index contributed by atoms with van der Waals surface area (Å²) >= 11 is 0. The fourth-order valence-electron chi connectivity index (χ4n) is 0.776. The van der Waals surface area contributed by atoms with E-state index in [9.17, 15) is 8.42 Å². The van der Waals surface area contributed by atoms with Gasteiger partial charge in [-0.25, -0.2) is 8.42 Å². The van der Waals surface area contributed by atoms with Crippen molar-refractivity contribution >= 4 is 19.7 Å². The molecule has 13 heavy (non-hydrogen) atoms. The third-order valence-electron chi connectivity index (χ3n) is 1.33. The SMILES string of the molecule is COCCn1cnnc1S(=O)(=O)Cl. The van der Waals surface area contributed by atoms with E-state index < -0.39 is 9.05 Å². The lowest BCUT2D eigenvalue weighted by Gasteiger charge is -2.01. The highest BCUT2D eigenvalue weighted by Gasteiger charge is 2.17. The van der Waals surface area contributed by atoms with E-state index in [4.69, 9.17) is 15.4 Å². The second-order valence-corrected chi connectivity index (χ2v) is 4.70. The smallest absolute Gasteiger partial charge is 0.296 e. The van der Waals surface area contributed by atoms with Gasteiger partial charge in [-0.05, 0) is 0 Å². The van der Waals surface area contributed by atoms with Crippen LogP contribution >= 0.6 is 10.7 Å². The lowest BCUT2D eigenvalue weighted by molar-refractivity contribution is 0.184. The number of halogens is 1. The van der Waals surface area contributed by atoms with Gasteiger partial charge in [0.1, 0.15) is 6.33 Å². The van der Waals surface area contributed by atoms with Crippen molar-refractivity contribution in [2.24, 2.45) is 0 Å². The molecule has 0 aliphatic heterocycles. The summed E-state index contributed by atoms with van der Waals surface area (Å²) in [6.07, 6.45) is 1.29. The highest BCUT2D eigenvalue weighted by Crippen LogP contribution is 2.10. The third-order valence-corrected chi connectivity index (χ3v) is 2.50. The fraction of sp³-hybridized carbons (Fsp3) is 0.600. The zero-order chi connectivity index (χ0) is 9.90. The molecule has 0 N–H and O–H groups in total. The van der Waals surface area contributed by atoms with Crippen LogP contribution in [0.1, 0.15) is 0 Å². The molecule has 8 heteroatoms. The van der Waals surface area contributed by atoms with Crippen LogP contribution in [-0.2, 0) is 20.3 Å². The molecule has 0 bridgehead atoms. The molecular weight excluding hydrogens is 218 g/mol. The van der Waals surface area contributed by atoms with Crippen LogP contribution in [0.15, 0.2) is 11.5 Å². The van der Waals surface area contributed by atoms with Gasteiger partial charge in [0.05, 0.1) is 6.61 Å². The molecule has 0 saturated heterocycles. The predicted octanol–water partition coefficient (Wildman–Crippen LogP) is -0.148. The molecular formula is C5H8ClN3O3S. The van der Waals surface area contributed by atoms with E-state index in [2.05, 4.69) is 10.2 Å². The van der Waals surface area contributed by atoms with Gasteiger partial charge in [0.2, 0.25) is 0 Å². The summed E-state index contributed by atoms with van der Waals surface area (Å²) < 4.78 is 27.8. The molecule has 1 heterocycles. The average Bonchev–Trinajstić information content (AvgIpc) is 2.47. The highest BCUT2D eigenvalue weighted by atomic mass is 35.7. The lowest BCUT2D eigenvalue weighted by Crippen LogP contribution is -2.09. The van der Waals surface area contributed by atoms with Crippen molar-refractivity contribution in [3.8, 4) is 0 Å². The summed E-state index contributed by atoms with van der Waals surface area (Å²) in [7, 11) is 2.79. The molecule has 1 rings (SSSR count). The maximum absolute atomic E-state index is 10.9. The molecule has 0 aromatic carbocycles. The molecule has 0 fully saturated rings. The Kier molecular flexibility index (Phi) is 3.23. The van der Waals surface area contributed by atoms with Gasteiger partial charge in [-0.2, -0.15) is 0 Å². The van der Waals surface area contributed by atoms with Crippen molar-refractivity contribution in [2.75, 3.05) is 13.7 Å². The Bertz CT molecular complexity index is 374. The van der Waals surface area contributed by atoms with E-state index in [1.807, 2.05) is 0 Å². The molecule has 1 aromatic heterocycles. The van der Waals surface area contributed by atoms with Gasteiger partial charge in [0, 0.05) is 24.3 Å². The normalized spacial score (nSPS) is 11.8. The maximum Gasteiger partial charge on any atom is 0.296 e. The monoisotopic (exact) mass is 225 g/mol. The van der Waals surface area contributed by atoms with Crippen LogP contribution in [0.5, 0.6) is 0 Å². The van der Waals surface area contributed by atoms with Gasteiger partial charge in [0.25, 0.3) is 14.2 Å². The minimum absolute atomic E-state index is 0.258. The first-order valence-electron chi connectivity index (χ1n) is 3.37. The average molecular weight is 226 g/mol. The molecule has 0 spiro atoms. The summed E-state index contributed by atoms with van der Waals surface area (Å²) in [4.78, 5) is 0. The van der Waals surface area contributed by atoms with Crippen LogP contribution in [0.4, 0.5) is 0 Å². The Morgan fingerprint density at radius 2 is 2.38 bits per heavy atom. The number of nitrogens with zero attached hydrogens (tertiary/aromatic N) is 3. The Labute approximate surface area is 79.9 Å². The zero-order valence-corrected chi connectivity index (χ0v) is 8.42. The number of hydrogen-bond donors (Lipinski definition) is 0. The van der Waals surface area contributed by atoms with Gasteiger partial charge in [0.15, 0.2) is 0 Å². The first-order chi connectivity index (χ1) is 6.05. The largest absolute Gasteiger partial charge is 0.383 e. The standard InChI is InChI=1S/C5H8ClN3O3S/c1-12-3-2-9-4-7-8-5(9)13(6,10)11/h4H,2-3H2,1H3. The maximum atomic E-state index is 10.9. The topological polar surface area (TPSA) is 74.1 Å². The molecule has 0 aliphatic carbocycles. The van der Waals surface area contributed by atoms with E-state index in [0.717, 1.165) is 0 Å². The van der Waals surface area contributed by atoms with Gasteiger partial charge < -0.3 is 9.30 Å². The Morgan fingerprint density at radius 1 is 1.69 bits per heavy atom. The van der Waals surface area contributed by atoms with Crippen molar-refractivity contribution in [1.29, 1.82) is 0 Å². The van der Waals surface area contributed by atoms with Gasteiger partial charge in [-0.15, -0.1) is 10.2 Å². The van der Waals surface area contributed by atoms with Crippen LogP contribution in [0.3, 0.4) is 0 Å². The molecule has 0 unspecified atom stereocenters. The van der Waals surface area contributed by atoms with Crippen molar-refractivity contribution in [1.82, 2.24) is 14.8 Å². The molecule has 6 nitrogen and oxygen atoms in total. The summed E-state index contributed by atoms with van der Waals surface area (Å²) in [5.74, 6) is 0. The van der Waals surface area contributed by atoms with Gasteiger partial charge >= 0.3 is 0 Å². The molecule has 0 aliphatic rings.